The van der Waals surface area contributed by atoms with Crippen LogP contribution < -0.4 is 5.43 Å². The van der Waals surface area contributed by atoms with Gasteiger partial charge in [0.1, 0.15) is 0 Å². The molecule has 0 aliphatic heterocycles. The molecule has 0 saturated heterocycles. The summed E-state index contributed by atoms with van der Waals surface area (Å²) in [7, 11) is 0. The molecule has 0 aliphatic carbocycles. The Balaban J connectivity index is 2.33. The number of H-pyrrole nitrogens is 1. The van der Waals surface area contributed by atoms with Crippen LogP contribution in [-0.2, 0) is 5.41 Å². The number of aryl methyl sites for hydroxylation is 2. The van der Waals surface area contributed by atoms with Crippen LogP contribution in [0.25, 0.3) is 22.5 Å². The molecule has 3 rings (SSSR count). The zero-order valence-corrected chi connectivity index (χ0v) is 18.1. The molecule has 1 N–H and O–H groups in total. The second-order valence-electron chi connectivity index (χ2n) is 8.31. The highest BCUT2D eigenvalue weighted by molar-refractivity contribution is 6.31. The summed E-state index contributed by atoms with van der Waals surface area (Å²) in [5.74, 6) is 0. The molecule has 0 atom stereocenters. The lowest BCUT2D eigenvalue weighted by molar-refractivity contribution is 0.0568. The molecule has 29 heavy (non-hydrogen) atoms. The fourth-order valence-electron chi connectivity index (χ4n) is 3.37. The van der Waals surface area contributed by atoms with Gasteiger partial charge in [0, 0.05) is 28.0 Å². The highest BCUT2D eigenvalue weighted by Crippen LogP contribution is 2.37. The first-order valence-corrected chi connectivity index (χ1v) is 9.67. The number of rotatable bonds is 3. The van der Waals surface area contributed by atoms with Crippen LogP contribution in [0, 0.1) is 20.8 Å². The van der Waals surface area contributed by atoms with E-state index in [9.17, 15) is 13.6 Å². The molecule has 0 amide bonds. The van der Waals surface area contributed by atoms with Crippen molar-refractivity contribution in [1.29, 1.82) is 0 Å². The maximum absolute atomic E-state index is 13.1. The normalized spacial score (nSPS) is 12.1. The van der Waals surface area contributed by atoms with Crippen molar-refractivity contribution in [1.82, 2.24) is 14.8 Å². The lowest BCUT2D eigenvalue weighted by atomic mass is 9.84. The standard InChI is InChI=1S/C22H24ClF2N3O/c1-11-9-15(22(4,5)6)16(23)10-14(11)19-18(20(29)12(2)13(3)26-19)17-7-8-28(27-17)21(24)25/h7-10,21H,1-6H3,(H,26,29). The zero-order valence-electron chi connectivity index (χ0n) is 17.3. The van der Waals surface area contributed by atoms with Gasteiger partial charge in [-0.25, -0.2) is 4.68 Å². The Hall–Kier alpha value is -2.47. The van der Waals surface area contributed by atoms with E-state index in [1.807, 2.05) is 26.0 Å². The van der Waals surface area contributed by atoms with Gasteiger partial charge in [0.05, 0.1) is 17.0 Å². The average molecular weight is 420 g/mol. The minimum Gasteiger partial charge on any atom is -0.358 e. The number of hydrogen-bond acceptors (Lipinski definition) is 2. The van der Waals surface area contributed by atoms with E-state index in [0.29, 0.717) is 26.7 Å². The Morgan fingerprint density at radius 3 is 2.38 bits per heavy atom. The third-order valence-corrected chi connectivity index (χ3v) is 5.46. The average Bonchev–Trinajstić information content (AvgIpc) is 3.10. The van der Waals surface area contributed by atoms with E-state index >= 15 is 0 Å². The van der Waals surface area contributed by atoms with Crippen molar-refractivity contribution in [3.8, 4) is 22.5 Å². The molecule has 2 heterocycles. The summed E-state index contributed by atoms with van der Waals surface area (Å²) in [4.78, 5) is 16.4. The molecule has 7 heteroatoms. The molecule has 0 unspecified atom stereocenters. The van der Waals surface area contributed by atoms with Gasteiger partial charge in [0.25, 0.3) is 0 Å². The van der Waals surface area contributed by atoms with Crippen molar-refractivity contribution in [3.05, 3.63) is 62.0 Å². The maximum atomic E-state index is 13.1. The van der Waals surface area contributed by atoms with E-state index in [0.717, 1.165) is 16.7 Å². The number of hydrogen-bond donors (Lipinski definition) is 1. The van der Waals surface area contributed by atoms with Gasteiger partial charge >= 0.3 is 6.55 Å². The molecule has 0 spiro atoms. The Morgan fingerprint density at radius 2 is 1.83 bits per heavy atom. The van der Waals surface area contributed by atoms with Crippen molar-refractivity contribution < 1.29 is 8.78 Å². The fraction of sp³-hybridized carbons (Fsp3) is 0.364. The molecule has 3 aromatic rings. The first kappa shape index (κ1) is 21.2. The summed E-state index contributed by atoms with van der Waals surface area (Å²) in [6.07, 6.45) is 1.17. The monoisotopic (exact) mass is 419 g/mol. The number of nitrogens with zero attached hydrogens (tertiary/aromatic N) is 2. The molecule has 2 aromatic heterocycles. The third kappa shape index (κ3) is 3.86. The molecule has 0 bridgehead atoms. The van der Waals surface area contributed by atoms with Crippen LogP contribution in [0.4, 0.5) is 8.78 Å². The molecule has 1 aromatic carbocycles. The lowest BCUT2D eigenvalue weighted by Gasteiger charge is -2.23. The summed E-state index contributed by atoms with van der Waals surface area (Å²) < 4.78 is 26.6. The van der Waals surface area contributed by atoms with E-state index in [1.165, 1.54) is 12.3 Å². The first-order chi connectivity index (χ1) is 13.4. The molecule has 0 fully saturated rings. The second-order valence-corrected chi connectivity index (χ2v) is 8.72. The minimum absolute atomic E-state index is 0.143. The quantitative estimate of drug-likeness (QED) is 0.551. The maximum Gasteiger partial charge on any atom is 0.333 e. The predicted octanol–water partition coefficient (Wildman–Crippen LogP) is 6.18. The minimum atomic E-state index is -2.78. The number of pyridine rings is 1. The topological polar surface area (TPSA) is 50.7 Å². The fourth-order valence-corrected chi connectivity index (χ4v) is 3.81. The van der Waals surface area contributed by atoms with Crippen LogP contribution in [-0.4, -0.2) is 14.8 Å². The number of alkyl halides is 2. The summed E-state index contributed by atoms with van der Waals surface area (Å²) in [5, 5.41) is 4.50. The molecule has 4 nitrogen and oxygen atoms in total. The van der Waals surface area contributed by atoms with Gasteiger partial charge in [-0.1, -0.05) is 38.4 Å². The van der Waals surface area contributed by atoms with Crippen molar-refractivity contribution in [2.75, 3.05) is 0 Å². The molecule has 154 valence electrons. The molecule has 0 radical (unpaired) electrons. The largest absolute Gasteiger partial charge is 0.358 e. The Morgan fingerprint density at radius 1 is 1.17 bits per heavy atom. The first-order valence-electron chi connectivity index (χ1n) is 9.30. The van der Waals surface area contributed by atoms with Crippen LogP contribution in [0.2, 0.25) is 5.02 Å². The van der Waals surface area contributed by atoms with Gasteiger partial charge in [-0.05, 0) is 49.4 Å². The molecular weight excluding hydrogens is 396 g/mol. The number of nitrogens with one attached hydrogen (secondary N) is 1. The van der Waals surface area contributed by atoms with Crippen molar-refractivity contribution in [2.45, 2.75) is 53.5 Å². The summed E-state index contributed by atoms with van der Waals surface area (Å²) in [6, 6.07) is 5.26. The van der Waals surface area contributed by atoms with Crippen LogP contribution >= 0.6 is 11.6 Å². The van der Waals surface area contributed by atoms with Gasteiger partial charge in [0.2, 0.25) is 0 Å². The van der Waals surface area contributed by atoms with Crippen molar-refractivity contribution in [3.63, 3.8) is 0 Å². The lowest BCUT2D eigenvalue weighted by Crippen LogP contribution is -2.16. The van der Waals surface area contributed by atoms with Crippen LogP contribution in [0.15, 0.2) is 29.2 Å². The van der Waals surface area contributed by atoms with Gasteiger partial charge < -0.3 is 4.98 Å². The Labute approximate surface area is 173 Å². The summed E-state index contributed by atoms with van der Waals surface area (Å²) in [6.45, 7) is 8.90. The molecule has 0 aliphatic rings. The third-order valence-electron chi connectivity index (χ3n) is 5.15. The van der Waals surface area contributed by atoms with Gasteiger partial charge in [-0.3, -0.25) is 4.79 Å². The van der Waals surface area contributed by atoms with Gasteiger partial charge in [-0.2, -0.15) is 13.9 Å². The number of halogens is 3. The summed E-state index contributed by atoms with van der Waals surface area (Å²) >= 11 is 6.58. The van der Waals surface area contributed by atoms with Crippen LogP contribution in [0.3, 0.4) is 0 Å². The Kier molecular flexibility index (Phi) is 5.43. The second kappa shape index (κ2) is 7.41. The van der Waals surface area contributed by atoms with E-state index in [2.05, 4.69) is 30.9 Å². The number of aromatic nitrogens is 3. The van der Waals surface area contributed by atoms with E-state index < -0.39 is 6.55 Å². The number of benzene rings is 1. The zero-order chi connectivity index (χ0) is 21.7. The van der Waals surface area contributed by atoms with Crippen LogP contribution in [0.1, 0.15) is 49.7 Å². The molecular formula is C22H24ClF2N3O. The van der Waals surface area contributed by atoms with Crippen molar-refractivity contribution >= 4 is 11.6 Å². The predicted molar refractivity (Wildman–Crippen MR) is 113 cm³/mol. The van der Waals surface area contributed by atoms with Gasteiger partial charge in [0.15, 0.2) is 5.43 Å². The van der Waals surface area contributed by atoms with Crippen molar-refractivity contribution in [2.24, 2.45) is 0 Å². The molecule has 0 saturated carbocycles. The van der Waals surface area contributed by atoms with E-state index in [4.69, 9.17) is 11.6 Å². The summed E-state index contributed by atoms with van der Waals surface area (Å²) in [5.41, 5.74) is 4.48. The highest BCUT2D eigenvalue weighted by Gasteiger charge is 2.23. The smallest absolute Gasteiger partial charge is 0.333 e. The van der Waals surface area contributed by atoms with Crippen LogP contribution in [0.5, 0.6) is 0 Å². The van der Waals surface area contributed by atoms with Gasteiger partial charge in [-0.15, -0.1) is 0 Å². The van der Waals surface area contributed by atoms with E-state index in [-0.39, 0.29) is 22.1 Å². The highest BCUT2D eigenvalue weighted by atomic mass is 35.5. The Bertz CT molecular complexity index is 1140. The number of aromatic amines is 1. The van der Waals surface area contributed by atoms with E-state index in [1.54, 1.807) is 6.92 Å². The SMILES string of the molecule is Cc1cc(C(C)(C)C)c(Cl)cc1-c1[nH]c(C)c(C)c(=O)c1-c1ccn(C(F)F)n1.